The molecule has 2 aromatic heterocycles. The van der Waals surface area contributed by atoms with Gasteiger partial charge in [-0.1, -0.05) is 30.3 Å². The predicted octanol–water partition coefficient (Wildman–Crippen LogP) is 2.41. The van der Waals surface area contributed by atoms with Crippen LogP contribution in [-0.2, 0) is 20.9 Å². The summed E-state index contributed by atoms with van der Waals surface area (Å²) in [7, 11) is 0. The number of aliphatic carboxylic acids is 1. The summed E-state index contributed by atoms with van der Waals surface area (Å²) in [5.74, 6) is -1.23. The molecule has 0 saturated carbocycles. The number of rotatable bonds is 9. The van der Waals surface area contributed by atoms with E-state index in [1.807, 2.05) is 35.2 Å². The Morgan fingerprint density at radius 3 is 2.77 bits per heavy atom. The highest BCUT2D eigenvalue weighted by atomic mass is 16.4. The Morgan fingerprint density at radius 1 is 1.23 bits per heavy atom. The third kappa shape index (κ3) is 6.24. The molecule has 35 heavy (non-hydrogen) atoms. The van der Waals surface area contributed by atoms with Gasteiger partial charge < -0.3 is 20.7 Å². The smallest absolute Gasteiger partial charge is 0.304 e. The molecule has 0 bridgehead atoms. The van der Waals surface area contributed by atoms with Crippen LogP contribution in [0.3, 0.4) is 0 Å². The number of carboxylic acids is 1. The molecule has 3 atom stereocenters. The summed E-state index contributed by atoms with van der Waals surface area (Å²) in [6.07, 6.45) is 4.85. The van der Waals surface area contributed by atoms with E-state index in [1.165, 1.54) is 5.56 Å². The summed E-state index contributed by atoms with van der Waals surface area (Å²) < 4.78 is 0. The molecule has 184 valence electrons. The maximum Gasteiger partial charge on any atom is 0.304 e. The van der Waals surface area contributed by atoms with Crippen molar-refractivity contribution in [1.29, 1.82) is 0 Å². The zero-order chi connectivity index (χ0) is 24.8. The third-order valence-electron chi connectivity index (χ3n) is 6.58. The molecule has 1 fully saturated rings. The van der Waals surface area contributed by atoms with E-state index in [0.717, 1.165) is 23.0 Å². The van der Waals surface area contributed by atoms with Gasteiger partial charge in [0.25, 0.3) is 0 Å². The number of aromatic amines is 1. The maximum atomic E-state index is 13.2. The van der Waals surface area contributed by atoms with Crippen LogP contribution in [0.2, 0.25) is 0 Å². The summed E-state index contributed by atoms with van der Waals surface area (Å²) in [5, 5.41) is 15.8. The zero-order valence-electron chi connectivity index (χ0n) is 19.7. The minimum atomic E-state index is -0.894. The molecule has 1 saturated heterocycles. The lowest BCUT2D eigenvalue weighted by Crippen LogP contribution is -2.55. The van der Waals surface area contributed by atoms with Crippen molar-refractivity contribution in [2.45, 2.75) is 50.7 Å². The Kier molecular flexibility index (Phi) is 7.77. The van der Waals surface area contributed by atoms with E-state index in [-0.39, 0.29) is 24.2 Å². The number of likely N-dealkylation sites (tertiary alicyclic amines) is 1. The third-order valence-corrected chi connectivity index (χ3v) is 6.58. The van der Waals surface area contributed by atoms with Gasteiger partial charge in [-0.25, -0.2) is 0 Å². The second kappa shape index (κ2) is 11.1. The highest BCUT2D eigenvalue weighted by Crippen LogP contribution is 2.31. The lowest BCUT2D eigenvalue weighted by atomic mass is 9.84. The van der Waals surface area contributed by atoms with Gasteiger partial charge in [-0.15, -0.1) is 0 Å². The van der Waals surface area contributed by atoms with Crippen molar-refractivity contribution in [3.63, 3.8) is 0 Å². The Balaban J connectivity index is 1.37. The van der Waals surface area contributed by atoms with Crippen molar-refractivity contribution < 1.29 is 19.5 Å². The van der Waals surface area contributed by atoms with Gasteiger partial charge in [-0.2, -0.15) is 0 Å². The van der Waals surface area contributed by atoms with Crippen LogP contribution >= 0.6 is 0 Å². The number of H-pyrrole nitrogens is 1. The number of carbonyl (C=O) groups is 3. The largest absolute Gasteiger partial charge is 0.481 e. The summed E-state index contributed by atoms with van der Waals surface area (Å²) in [6, 6.07) is 12.6. The SMILES string of the molecule is C[C@H](NC(=O)[C@H]1C[C@@H](c2ccccc2)CCN1CCC(=O)O)C(=O)NCc1cc2cnccc2[nH]1. The molecule has 1 aromatic carbocycles. The molecule has 4 rings (SSSR count). The monoisotopic (exact) mass is 477 g/mol. The fraction of sp³-hybridized carbons (Fsp3) is 0.385. The molecule has 1 aliphatic heterocycles. The molecular weight excluding hydrogens is 446 g/mol. The van der Waals surface area contributed by atoms with Crippen LogP contribution in [0.1, 0.15) is 43.4 Å². The number of nitrogens with zero attached hydrogens (tertiary/aromatic N) is 2. The number of hydrogen-bond acceptors (Lipinski definition) is 5. The van der Waals surface area contributed by atoms with Crippen molar-refractivity contribution in [1.82, 2.24) is 25.5 Å². The number of fused-ring (bicyclic) bond motifs is 1. The first kappa shape index (κ1) is 24.4. The van der Waals surface area contributed by atoms with E-state index in [9.17, 15) is 14.4 Å². The maximum absolute atomic E-state index is 13.2. The molecule has 3 aromatic rings. The first-order valence-corrected chi connectivity index (χ1v) is 11.9. The summed E-state index contributed by atoms with van der Waals surface area (Å²) in [6.45, 7) is 2.88. The second-order valence-electron chi connectivity index (χ2n) is 9.03. The topological polar surface area (TPSA) is 127 Å². The molecule has 9 nitrogen and oxygen atoms in total. The molecule has 4 N–H and O–H groups in total. The van der Waals surface area contributed by atoms with Crippen molar-refractivity contribution in [2.24, 2.45) is 0 Å². The highest BCUT2D eigenvalue weighted by molar-refractivity contribution is 5.89. The number of amides is 2. The number of pyridine rings is 1. The molecule has 2 amide bonds. The number of carboxylic acid groups (broad SMARTS) is 1. The van der Waals surface area contributed by atoms with Crippen LogP contribution < -0.4 is 10.6 Å². The number of nitrogens with one attached hydrogen (secondary N) is 3. The van der Waals surface area contributed by atoms with Gasteiger partial charge in [0.05, 0.1) is 19.0 Å². The average Bonchev–Trinajstić information content (AvgIpc) is 3.29. The highest BCUT2D eigenvalue weighted by Gasteiger charge is 2.35. The van der Waals surface area contributed by atoms with E-state index >= 15 is 0 Å². The second-order valence-corrected chi connectivity index (χ2v) is 9.03. The quantitative estimate of drug-likeness (QED) is 0.375. The molecular formula is C26H31N5O4. The van der Waals surface area contributed by atoms with Gasteiger partial charge in [-0.05, 0) is 49.9 Å². The fourth-order valence-corrected chi connectivity index (χ4v) is 4.66. The lowest BCUT2D eigenvalue weighted by Gasteiger charge is -2.39. The van der Waals surface area contributed by atoms with Crippen molar-refractivity contribution in [3.8, 4) is 0 Å². The number of piperidine rings is 1. The zero-order valence-corrected chi connectivity index (χ0v) is 19.7. The standard InChI is InChI=1S/C26H31N5O4/c1-17(25(34)28-16-21-13-20-15-27-10-7-22(20)30-21)29-26(35)23-14-19(18-5-3-2-4-6-18)8-11-31(23)12-9-24(32)33/h2-7,10,13,15,17,19,23,30H,8-9,11-12,14,16H2,1H3,(H,28,34)(H,29,35)(H,32,33)/t17-,19-,23+/m0/s1. The fourth-order valence-electron chi connectivity index (χ4n) is 4.66. The van der Waals surface area contributed by atoms with Crippen LogP contribution in [0.5, 0.6) is 0 Å². The molecule has 1 aliphatic rings. The Bertz CT molecular complexity index is 1150. The molecule has 0 spiro atoms. The number of carbonyl (C=O) groups excluding carboxylic acids is 2. The summed E-state index contributed by atoms with van der Waals surface area (Å²) in [5.41, 5.74) is 2.96. The van der Waals surface area contributed by atoms with Crippen molar-refractivity contribution >= 4 is 28.7 Å². The van der Waals surface area contributed by atoms with E-state index < -0.39 is 18.1 Å². The van der Waals surface area contributed by atoms with Crippen LogP contribution in [0, 0.1) is 0 Å². The normalized spacial score (nSPS) is 19.2. The summed E-state index contributed by atoms with van der Waals surface area (Å²) >= 11 is 0. The van der Waals surface area contributed by atoms with Gasteiger partial charge >= 0.3 is 5.97 Å². The molecule has 9 heteroatoms. The van der Waals surface area contributed by atoms with Crippen LogP contribution in [0.25, 0.3) is 10.9 Å². The van der Waals surface area contributed by atoms with Gasteiger partial charge in [0.15, 0.2) is 0 Å². The van der Waals surface area contributed by atoms with Gasteiger partial charge in [-0.3, -0.25) is 24.3 Å². The Labute approximate surface area is 203 Å². The minimum absolute atomic E-state index is 0.0319. The summed E-state index contributed by atoms with van der Waals surface area (Å²) in [4.78, 5) is 46.3. The molecule has 0 aliphatic carbocycles. The van der Waals surface area contributed by atoms with Crippen LogP contribution in [-0.4, -0.2) is 62.9 Å². The van der Waals surface area contributed by atoms with Crippen LogP contribution in [0.15, 0.2) is 54.9 Å². The Hall–Kier alpha value is -3.72. The van der Waals surface area contributed by atoms with E-state index in [4.69, 9.17) is 5.11 Å². The van der Waals surface area contributed by atoms with E-state index in [0.29, 0.717) is 26.1 Å². The average molecular weight is 478 g/mol. The van der Waals surface area contributed by atoms with Crippen molar-refractivity contribution in [3.05, 3.63) is 66.1 Å². The number of hydrogen-bond donors (Lipinski definition) is 4. The molecule has 3 heterocycles. The number of aromatic nitrogens is 2. The lowest BCUT2D eigenvalue weighted by molar-refractivity contribution is -0.139. The molecule has 0 unspecified atom stereocenters. The molecule has 0 radical (unpaired) electrons. The number of benzene rings is 1. The van der Waals surface area contributed by atoms with Gasteiger partial charge in [0, 0.05) is 35.5 Å². The van der Waals surface area contributed by atoms with E-state index in [2.05, 4.69) is 32.7 Å². The van der Waals surface area contributed by atoms with Gasteiger partial charge in [0.2, 0.25) is 11.8 Å². The van der Waals surface area contributed by atoms with Crippen LogP contribution in [0.4, 0.5) is 0 Å². The minimum Gasteiger partial charge on any atom is -0.481 e. The Morgan fingerprint density at radius 2 is 2.03 bits per heavy atom. The van der Waals surface area contributed by atoms with Gasteiger partial charge in [0.1, 0.15) is 6.04 Å². The van der Waals surface area contributed by atoms with Crippen molar-refractivity contribution in [2.75, 3.05) is 13.1 Å². The predicted molar refractivity (Wildman–Crippen MR) is 132 cm³/mol. The van der Waals surface area contributed by atoms with E-state index in [1.54, 1.807) is 19.3 Å². The first-order chi connectivity index (χ1) is 16.9. The first-order valence-electron chi connectivity index (χ1n) is 11.9.